The number of nitrogens with zero attached hydrogens (tertiary/aromatic N) is 5. The van der Waals surface area contributed by atoms with E-state index in [0.717, 1.165) is 0 Å². The number of likely N-dealkylation sites (tertiary alicyclic amines) is 1. The van der Waals surface area contributed by atoms with Crippen LogP contribution in [0.3, 0.4) is 0 Å². The van der Waals surface area contributed by atoms with Crippen molar-refractivity contribution >= 4 is 17.7 Å². The number of carbonyl (C=O) groups is 1. The first-order chi connectivity index (χ1) is 17.9. The van der Waals surface area contributed by atoms with Gasteiger partial charge in [0.05, 0.1) is 18.4 Å². The molecule has 1 aromatic carbocycles. The number of nitriles is 1. The highest BCUT2D eigenvalue weighted by molar-refractivity contribution is 5.81. The molecular weight excluding hydrogens is 486 g/mol. The summed E-state index contributed by atoms with van der Waals surface area (Å²) in [6.07, 6.45) is -3.41. The Labute approximate surface area is 211 Å². The molecule has 192 valence electrons. The zero-order valence-electron chi connectivity index (χ0n) is 19.8. The highest BCUT2D eigenvalue weighted by Crippen LogP contribution is 2.28. The summed E-state index contributed by atoms with van der Waals surface area (Å²) >= 11 is 0. The van der Waals surface area contributed by atoms with Crippen LogP contribution in [0.4, 0.5) is 20.5 Å². The largest absolute Gasteiger partial charge is 0.489 e. The minimum atomic E-state index is -3.13. The lowest BCUT2D eigenvalue weighted by molar-refractivity contribution is -0.150. The average molecular weight is 511 g/mol. The van der Waals surface area contributed by atoms with Gasteiger partial charge in [-0.3, -0.25) is 4.79 Å². The minimum Gasteiger partial charge on any atom is -0.489 e. The molecule has 10 nitrogen and oxygen atoms in total. The van der Waals surface area contributed by atoms with Gasteiger partial charge in [-0.25, -0.2) is 18.7 Å². The van der Waals surface area contributed by atoms with Gasteiger partial charge in [-0.15, -0.1) is 0 Å². The summed E-state index contributed by atoms with van der Waals surface area (Å²) < 4.78 is 36.3. The van der Waals surface area contributed by atoms with Gasteiger partial charge in [0.15, 0.2) is 6.10 Å². The predicted molar refractivity (Wildman–Crippen MR) is 128 cm³/mol. The number of nitrogens with one attached hydrogen (secondary N) is 1. The molecule has 3 heterocycles. The number of aliphatic hydroxyl groups is 1. The minimum absolute atomic E-state index is 0.173. The summed E-state index contributed by atoms with van der Waals surface area (Å²) in [7, 11) is 1.52. The molecular formula is C25H24F2N6O4. The van der Waals surface area contributed by atoms with Crippen molar-refractivity contribution in [2.45, 2.75) is 31.5 Å². The number of anilines is 2. The van der Waals surface area contributed by atoms with Crippen molar-refractivity contribution in [3.8, 4) is 29.0 Å². The number of hydrogen-bond donors (Lipinski definition) is 2. The molecule has 0 spiro atoms. The third-order valence-corrected chi connectivity index (χ3v) is 5.76. The molecule has 1 atom stereocenters. The Bertz CT molecular complexity index is 1290. The van der Waals surface area contributed by atoms with Crippen LogP contribution in [0.1, 0.15) is 18.4 Å². The van der Waals surface area contributed by atoms with Crippen molar-refractivity contribution in [1.29, 1.82) is 5.26 Å². The Hall–Kier alpha value is -4.37. The van der Waals surface area contributed by atoms with Crippen LogP contribution in [-0.2, 0) is 4.79 Å². The summed E-state index contributed by atoms with van der Waals surface area (Å²) in [5.74, 6) is 0.649. The van der Waals surface area contributed by atoms with Gasteiger partial charge < -0.3 is 24.8 Å². The van der Waals surface area contributed by atoms with Gasteiger partial charge in [-0.05, 0) is 30.3 Å². The summed E-state index contributed by atoms with van der Waals surface area (Å²) in [5.41, 5.74) is 1.55. The first-order valence-electron chi connectivity index (χ1n) is 11.4. The third-order valence-electron chi connectivity index (χ3n) is 5.76. The van der Waals surface area contributed by atoms with E-state index < -0.39 is 18.4 Å². The van der Waals surface area contributed by atoms with Crippen molar-refractivity contribution in [1.82, 2.24) is 19.9 Å². The maximum absolute atomic E-state index is 12.6. The summed E-state index contributed by atoms with van der Waals surface area (Å²) in [6.45, 7) is 0.345. The first-order valence-corrected chi connectivity index (χ1v) is 11.4. The molecule has 1 aliphatic heterocycles. The quantitative estimate of drug-likeness (QED) is 0.469. The molecule has 0 saturated carbocycles. The van der Waals surface area contributed by atoms with Crippen LogP contribution >= 0.6 is 0 Å². The van der Waals surface area contributed by atoms with E-state index in [2.05, 4.69) is 26.3 Å². The van der Waals surface area contributed by atoms with E-state index in [1.807, 2.05) is 0 Å². The Balaban J connectivity index is 1.43. The van der Waals surface area contributed by atoms with Crippen LogP contribution in [0.2, 0.25) is 0 Å². The second kappa shape index (κ2) is 11.6. The summed E-state index contributed by atoms with van der Waals surface area (Å²) in [6, 6.07) is 14.2. The maximum Gasteiger partial charge on any atom is 0.273 e. The zero-order chi connectivity index (χ0) is 26.4. The lowest BCUT2D eigenvalue weighted by Crippen LogP contribution is -2.47. The molecule has 0 bridgehead atoms. The number of benzene rings is 1. The monoisotopic (exact) mass is 510 g/mol. The number of amides is 1. The topological polar surface area (TPSA) is 133 Å². The number of alkyl halides is 2. The van der Waals surface area contributed by atoms with Gasteiger partial charge >= 0.3 is 0 Å². The molecule has 12 heteroatoms. The molecule has 3 aromatic rings. The van der Waals surface area contributed by atoms with Crippen LogP contribution in [0.25, 0.3) is 11.3 Å². The van der Waals surface area contributed by atoms with Gasteiger partial charge in [0.2, 0.25) is 11.8 Å². The standard InChI is InChI=1S/C25H24F2N6O4/c1-36-21-4-2-3-20(31-21)32-25-29-10-7-18(30-25)15-5-6-19(16(13-15)14-28)37-17-8-11-33(12-9-17)24(35)22(34)23(26)27/h2-7,10,13,17,22-23,34H,8-9,11-12H2,1H3,(H,29,30,31,32)/t22-/m1/s1. The SMILES string of the molecule is COc1cccc(Nc2nccc(-c3ccc(OC4CCN(C(=O)[C@H](O)C(F)F)CC4)c(C#N)c3)n2)n1. The number of ether oxygens (including phenoxy) is 2. The van der Waals surface area contributed by atoms with Gasteiger partial charge in [-0.1, -0.05) is 6.07 Å². The molecule has 1 saturated heterocycles. The smallest absolute Gasteiger partial charge is 0.273 e. The van der Waals surface area contributed by atoms with E-state index in [1.165, 1.54) is 12.0 Å². The molecule has 2 aromatic heterocycles. The van der Waals surface area contributed by atoms with Crippen LogP contribution in [0, 0.1) is 11.3 Å². The van der Waals surface area contributed by atoms with Gasteiger partial charge in [0, 0.05) is 43.8 Å². The van der Waals surface area contributed by atoms with Crippen molar-refractivity contribution in [2.75, 3.05) is 25.5 Å². The fraction of sp³-hybridized carbons (Fsp3) is 0.320. The molecule has 2 N–H and O–H groups in total. The van der Waals surface area contributed by atoms with Crippen LogP contribution in [0.5, 0.6) is 11.6 Å². The highest BCUT2D eigenvalue weighted by atomic mass is 19.3. The molecule has 1 amide bonds. The third kappa shape index (κ3) is 6.25. The van der Waals surface area contributed by atoms with E-state index in [1.54, 1.807) is 48.7 Å². The van der Waals surface area contributed by atoms with Gasteiger partial charge in [0.1, 0.15) is 23.7 Å². The highest BCUT2D eigenvalue weighted by Gasteiger charge is 2.32. The zero-order valence-corrected chi connectivity index (χ0v) is 19.8. The van der Waals surface area contributed by atoms with Crippen LogP contribution < -0.4 is 14.8 Å². The fourth-order valence-electron chi connectivity index (χ4n) is 3.84. The number of hydrogen-bond acceptors (Lipinski definition) is 9. The number of halogens is 2. The second-order valence-electron chi connectivity index (χ2n) is 8.20. The maximum atomic E-state index is 12.6. The summed E-state index contributed by atoms with van der Waals surface area (Å²) in [4.78, 5) is 26.1. The molecule has 1 fully saturated rings. The number of carbonyl (C=O) groups excluding carboxylic acids is 1. The van der Waals surface area contributed by atoms with E-state index in [9.17, 15) is 23.9 Å². The fourth-order valence-corrected chi connectivity index (χ4v) is 3.84. The van der Waals surface area contributed by atoms with Crippen molar-refractivity contribution < 1.29 is 28.2 Å². The Kier molecular flexibility index (Phi) is 8.05. The lowest BCUT2D eigenvalue weighted by Gasteiger charge is -2.33. The molecule has 0 radical (unpaired) electrons. The molecule has 1 aliphatic rings. The van der Waals surface area contributed by atoms with E-state index >= 15 is 0 Å². The lowest BCUT2D eigenvalue weighted by atomic mass is 10.1. The molecule has 37 heavy (non-hydrogen) atoms. The van der Waals surface area contributed by atoms with Crippen molar-refractivity contribution in [3.63, 3.8) is 0 Å². The number of aliphatic hydroxyl groups excluding tert-OH is 1. The number of methoxy groups -OCH3 is 1. The predicted octanol–water partition coefficient (Wildman–Crippen LogP) is 3.16. The Morgan fingerprint density at radius 1 is 1.22 bits per heavy atom. The van der Waals surface area contributed by atoms with Crippen LogP contribution in [-0.4, -0.2) is 69.7 Å². The number of rotatable bonds is 8. The second-order valence-corrected chi connectivity index (χ2v) is 8.20. The molecule has 4 rings (SSSR count). The van der Waals surface area contributed by atoms with Gasteiger partial charge in [-0.2, -0.15) is 10.2 Å². The average Bonchev–Trinajstić information content (AvgIpc) is 2.93. The van der Waals surface area contributed by atoms with Crippen LogP contribution in [0.15, 0.2) is 48.7 Å². The van der Waals surface area contributed by atoms with E-state index in [-0.39, 0.29) is 19.2 Å². The van der Waals surface area contributed by atoms with Gasteiger partial charge in [0.25, 0.3) is 12.3 Å². The normalized spacial score (nSPS) is 14.6. The van der Waals surface area contributed by atoms with E-state index in [4.69, 9.17) is 9.47 Å². The number of pyridine rings is 1. The van der Waals surface area contributed by atoms with E-state index in [0.29, 0.717) is 53.1 Å². The molecule has 0 unspecified atom stereocenters. The summed E-state index contributed by atoms with van der Waals surface area (Å²) in [5, 5.41) is 22.0. The number of piperidine rings is 1. The van der Waals surface area contributed by atoms with Crippen molar-refractivity contribution in [2.24, 2.45) is 0 Å². The Morgan fingerprint density at radius 3 is 2.70 bits per heavy atom. The number of aromatic nitrogens is 3. The Morgan fingerprint density at radius 2 is 2.00 bits per heavy atom. The molecule has 0 aliphatic carbocycles. The van der Waals surface area contributed by atoms with Crippen molar-refractivity contribution in [3.05, 3.63) is 54.2 Å². The first kappa shape index (κ1) is 25.7.